The highest BCUT2D eigenvalue weighted by Crippen LogP contribution is 2.22. The maximum Gasteiger partial charge on any atom is 0.227 e. The van der Waals surface area contributed by atoms with Crippen molar-refractivity contribution < 1.29 is 0 Å². The third-order valence-electron chi connectivity index (χ3n) is 4.01. The average molecular weight is 346 g/mol. The summed E-state index contributed by atoms with van der Waals surface area (Å²) in [6, 6.07) is 10.4. The van der Waals surface area contributed by atoms with Crippen molar-refractivity contribution in [1.29, 1.82) is 0 Å². The molecule has 24 heavy (non-hydrogen) atoms. The number of piperazine rings is 1. The molecule has 1 aliphatic heterocycles. The van der Waals surface area contributed by atoms with Gasteiger partial charge in [0.2, 0.25) is 5.95 Å². The van der Waals surface area contributed by atoms with E-state index in [1.165, 1.54) is 5.69 Å². The van der Waals surface area contributed by atoms with Crippen LogP contribution < -0.4 is 15.1 Å². The van der Waals surface area contributed by atoms with Gasteiger partial charge in [0, 0.05) is 54.7 Å². The Labute approximate surface area is 148 Å². The molecule has 0 aliphatic carbocycles. The molecule has 2 aromatic rings. The van der Waals surface area contributed by atoms with Gasteiger partial charge in [-0.1, -0.05) is 17.7 Å². The van der Waals surface area contributed by atoms with Crippen LogP contribution in [0.3, 0.4) is 0 Å². The van der Waals surface area contributed by atoms with Crippen LogP contribution in [0.5, 0.6) is 0 Å². The maximum atomic E-state index is 6.10. The van der Waals surface area contributed by atoms with Crippen molar-refractivity contribution in [2.75, 3.05) is 41.3 Å². The molecule has 2 heterocycles. The zero-order valence-corrected chi connectivity index (χ0v) is 15.2. The Kier molecular flexibility index (Phi) is 5.09. The quantitative estimate of drug-likeness (QED) is 0.917. The molecule has 0 amide bonds. The van der Waals surface area contributed by atoms with Crippen LogP contribution in [0.2, 0.25) is 5.02 Å². The number of rotatable bonds is 4. The number of benzene rings is 1. The van der Waals surface area contributed by atoms with Crippen molar-refractivity contribution in [1.82, 2.24) is 9.97 Å². The fraction of sp³-hybridized carbons (Fsp3) is 0.444. The summed E-state index contributed by atoms with van der Waals surface area (Å²) < 4.78 is 0. The third-order valence-corrected chi connectivity index (χ3v) is 4.25. The number of nitrogens with zero attached hydrogens (tertiary/aromatic N) is 4. The summed E-state index contributed by atoms with van der Waals surface area (Å²) in [4.78, 5) is 13.9. The summed E-state index contributed by atoms with van der Waals surface area (Å²) in [5.41, 5.74) is 2.16. The first-order chi connectivity index (χ1) is 11.5. The van der Waals surface area contributed by atoms with Crippen molar-refractivity contribution in [3.05, 3.63) is 41.0 Å². The number of nitrogens with one attached hydrogen (secondary N) is 1. The fourth-order valence-corrected chi connectivity index (χ4v) is 3.09. The number of aryl methyl sites for hydroxylation is 1. The van der Waals surface area contributed by atoms with Gasteiger partial charge in [-0.3, -0.25) is 0 Å². The summed E-state index contributed by atoms with van der Waals surface area (Å²) in [7, 11) is 0. The van der Waals surface area contributed by atoms with Crippen molar-refractivity contribution >= 4 is 29.1 Å². The molecule has 0 spiro atoms. The molecule has 1 saturated heterocycles. The minimum Gasteiger partial charge on any atom is -0.368 e. The molecule has 0 unspecified atom stereocenters. The highest BCUT2D eigenvalue weighted by atomic mass is 35.5. The van der Waals surface area contributed by atoms with Gasteiger partial charge in [0.05, 0.1) is 0 Å². The number of anilines is 3. The molecular weight excluding hydrogens is 322 g/mol. The van der Waals surface area contributed by atoms with Gasteiger partial charge in [0.25, 0.3) is 0 Å². The SMILES string of the molecule is Cc1cc(NC(C)C)nc(N2CCN(c3cccc(Cl)c3)CC2)n1. The smallest absolute Gasteiger partial charge is 0.227 e. The first kappa shape index (κ1) is 16.8. The molecule has 1 N–H and O–H groups in total. The molecule has 5 nitrogen and oxygen atoms in total. The van der Waals surface area contributed by atoms with E-state index in [1.54, 1.807) is 0 Å². The lowest BCUT2D eigenvalue weighted by Gasteiger charge is -2.36. The Bertz CT molecular complexity index is 696. The van der Waals surface area contributed by atoms with Crippen LogP contribution in [-0.4, -0.2) is 42.2 Å². The lowest BCUT2D eigenvalue weighted by Crippen LogP contribution is -2.47. The standard InChI is InChI=1S/C18H24ClN5/c1-13(2)20-17-11-14(3)21-18(22-17)24-9-7-23(8-10-24)16-6-4-5-15(19)12-16/h4-6,11-13H,7-10H2,1-3H3,(H,20,21,22). The molecule has 1 aliphatic rings. The second kappa shape index (κ2) is 7.26. The predicted octanol–water partition coefficient (Wildman–Crippen LogP) is 3.59. The molecule has 0 radical (unpaired) electrons. The Hall–Kier alpha value is -2.01. The molecule has 6 heteroatoms. The minimum absolute atomic E-state index is 0.354. The molecule has 128 valence electrons. The molecule has 0 saturated carbocycles. The van der Waals surface area contributed by atoms with Crippen LogP contribution in [0, 0.1) is 6.92 Å². The van der Waals surface area contributed by atoms with E-state index in [0.717, 1.165) is 48.7 Å². The van der Waals surface area contributed by atoms with E-state index in [1.807, 2.05) is 31.2 Å². The van der Waals surface area contributed by atoms with Crippen LogP contribution in [0.1, 0.15) is 19.5 Å². The number of hydrogen-bond donors (Lipinski definition) is 1. The molecule has 0 bridgehead atoms. The van der Waals surface area contributed by atoms with E-state index < -0.39 is 0 Å². The number of aromatic nitrogens is 2. The summed E-state index contributed by atoms with van der Waals surface area (Å²) in [6.45, 7) is 9.91. The zero-order valence-electron chi connectivity index (χ0n) is 14.5. The van der Waals surface area contributed by atoms with Gasteiger partial charge in [-0.15, -0.1) is 0 Å². The highest BCUT2D eigenvalue weighted by molar-refractivity contribution is 6.30. The summed E-state index contributed by atoms with van der Waals surface area (Å²) in [5, 5.41) is 4.14. The molecule has 3 rings (SSSR count). The number of hydrogen-bond acceptors (Lipinski definition) is 5. The van der Waals surface area contributed by atoms with Crippen LogP contribution in [0.15, 0.2) is 30.3 Å². The number of halogens is 1. The molecule has 1 aromatic carbocycles. The van der Waals surface area contributed by atoms with Gasteiger partial charge in [-0.05, 0) is 39.0 Å². The fourth-order valence-electron chi connectivity index (χ4n) is 2.90. The first-order valence-corrected chi connectivity index (χ1v) is 8.77. The first-order valence-electron chi connectivity index (χ1n) is 8.39. The van der Waals surface area contributed by atoms with Crippen LogP contribution in [0.4, 0.5) is 17.5 Å². The summed E-state index contributed by atoms with van der Waals surface area (Å²) >= 11 is 6.10. The topological polar surface area (TPSA) is 44.3 Å². The van der Waals surface area contributed by atoms with Crippen LogP contribution in [-0.2, 0) is 0 Å². The lowest BCUT2D eigenvalue weighted by molar-refractivity contribution is 0.639. The molecular formula is C18H24ClN5. The third kappa shape index (κ3) is 4.09. The molecule has 1 aromatic heterocycles. The zero-order chi connectivity index (χ0) is 17.1. The van der Waals surface area contributed by atoms with Gasteiger partial charge in [0.15, 0.2) is 0 Å². The van der Waals surface area contributed by atoms with E-state index >= 15 is 0 Å². The van der Waals surface area contributed by atoms with Gasteiger partial charge in [0.1, 0.15) is 5.82 Å². The Morgan fingerprint density at radius 2 is 1.75 bits per heavy atom. The largest absolute Gasteiger partial charge is 0.368 e. The minimum atomic E-state index is 0.354. The van der Waals surface area contributed by atoms with Gasteiger partial charge in [-0.25, -0.2) is 4.98 Å². The van der Waals surface area contributed by atoms with Crippen molar-refractivity contribution in [3.63, 3.8) is 0 Å². The molecule has 1 fully saturated rings. The van der Waals surface area contributed by atoms with Gasteiger partial charge >= 0.3 is 0 Å². The molecule has 0 atom stereocenters. The Morgan fingerprint density at radius 3 is 2.42 bits per heavy atom. The Balaban J connectivity index is 1.69. The lowest BCUT2D eigenvalue weighted by atomic mass is 10.2. The van der Waals surface area contributed by atoms with E-state index in [-0.39, 0.29) is 0 Å². The van der Waals surface area contributed by atoms with Crippen molar-refractivity contribution in [2.24, 2.45) is 0 Å². The highest BCUT2D eigenvalue weighted by Gasteiger charge is 2.20. The predicted molar refractivity (Wildman–Crippen MR) is 101 cm³/mol. The van der Waals surface area contributed by atoms with Crippen molar-refractivity contribution in [3.8, 4) is 0 Å². The van der Waals surface area contributed by atoms with Gasteiger partial charge in [-0.2, -0.15) is 4.98 Å². The van der Waals surface area contributed by atoms with E-state index in [2.05, 4.69) is 45.0 Å². The monoisotopic (exact) mass is 345 g/mol. The van der Waals surface area contributed by atoms with Gasteiger partial charge < -0.3 is 15.1 Å². The second-order valence-corrected chi connectivity index (χ2v) is 6.88. The van der Waals surface area contributed by atoms with Crippen LogP contribution in [0.25, 0.3) is 0 Å². The van der Waals surface area contributed by atoms with E-state index in [0.29, 0.717) is 6.04 Å². The second-order valence-electron chi connectivity index (χ2n) is 6.45. The normalized spacial score (nSPS) is 15.0. The Morgan fingerprint density at radius 1 is 1.04 bits per heavy atom. The average Bonchev–Trinajstić information content (AvgIpc) is 2.54. The van der Waals surface area contributed by atoms with E-state index in [4.69, 9.17) is 11.6 Å². The van der Waals surface area contributed by atoms with Crippen LogP contribution >= 0.6 is 11.6 Å². The maximum absolute atomic E-state index is 6.10. The summed E-state index contributed by atoms with van der Waals surface area (Å²) in [5.74, 6) is 1.70. The van der Waals surface area contributed by atoms with Crippen molar-refractivity contribution in [2.45, 2.75) is 26.8 Å². The van der Waals surface area contributed by atoms with E-state index in [9.17, 15) is 0 Å². The summed E-state index contributed by atoms with van der Waals surface area (Å²) in [6.07, 6.45) is 0.